The van der Waals surface area contributed by atoms with Gasteiger partial charge in [0.15, 0.2) is 5.65 Å². The van der Waals surface area contributed by atoms with Crippen LogP contribution < -0.4 is 10.0 Å². The molecular weight excluding hydrogens is 429 g/mol. The Bertz CT molecular complexity index is 1190. The van der Waals surface area contributed by atoms with Crippen molar-refractivity contribution in [3.05, 3.63) is 54.0 Å². The number of hydrogen-bond donors (Lipinski definition) is 3. The number of aromatic nitrogens is 5. The lowest BCUT2D eigenvalue weighted by Gasteiger charge is -2.16. The normalized spacial score (nSPS) is 12.1. The zero-order valence-corrected chi connectivity index (χ0v) is 17.4. The van der Waals surface area contributed by atoms with Crippen LogP contribution in [0.5, 0.6) is 0 Å². The molecule has 0 aliphatic rings. The lowest BCUT2D eigenvalue weighted by molar-refractivity contribution is 0.598. The van der Waals surface area contributed by atoms with Crippen molar-refractivity contribution in [3.63, 3.8) is 0 Å². The van der Waals surface area contributed by atoms with Crippen LogP contribution in [0.25, 0.3) is 22.4 Å². The van der Waals surface area contributed by atoms with Gasteiger partial charge < -0.3 is 14.9 Å². The van der Waals surface area contributed by atoms with E-state index < -0.39 is 17.2 Å². The fraction of sp³-hybridized carbons (Fsp3) is 0.158. The van der Waals surface area contributed by atoms with Gasteiger partial charge in [0.2, 0.25) is 0 Å². The number of benzene rings is 1. The van der Waals surface area contributed by atoms with Crippen LogP contribution in [-0.4, -0.2) is 35.2 Å². The van der Waals surface area contributed by atoms with Gasteiger partial charge in [0.1, 0.15) is 40.6 Å². The summed E-state index contributed by atoms with van der Waals surface area (Å²) < 4.78 is 29.5. The first kappa shape index (κ1) is 20.3. The van der Waals surface area contributed by atoms with E-state index >= 15 is 0 Å². The molecule has 30 heavy (non-hydrogen) atoms. The Labute approximate surface area is 179 Å². The van der Waals surface area contributed by atoms with Crippen molar-refractivity contribution in [3.8, 4) is 11.3 Å². The number of pyridine rings is 1. The molecule has 0 amide bonds. The van der Waals surface area contributed by atoms with Crippen LogP contribution in [0.1, 0.15) is 13.3 Å². The summed E-state index contributed by atoms with van der Waals surface area (Å²) in [6.07, 6.45) is 5.24. The Morgan fingerprint density at radius 3 is 2.90 bits per heavy atom. The largest absolute Gasteiger partial charge is 0.593 e. The molecule has 0 aliphatic carbocycles. The minimum atomic E-state index is -1.32. The van der Waals surface area contributed by atoms with E-state index in [0.717, 1.165) is 6.42 Å². The summed E-state index contributed by atoms with van der Waals surface area (Å²) in [5, 5.41) is 3.03. The zero-order chi connectivity index (χ0) is 21.1. The van der Waals surface area contributed by atoms with Gasteiger partial charge in [-0.25, -0.2) is 29.0 Å². The highest BCUT2D eigenvalue weighted by atomic mass is 35.5. The Balaban J connectivity index is 1.73. The molecule has 0 saturated carbocycles. The minimum absolute atomic E-state index is 0.0162. The fourth-order valence-corrected chi connectivity index (χ4v) is 4.07. The van der Waals surface area contributed by atoms with E-state index in [0.29, 0.717) is 39.7 Å². The van der Waals surface area contributed by atoms with E-state index in [-0.39, 0.29) is 10.7 Å². The Kier molecular flexibility index (Phi) is 5.98. The van der Waals surface area contributed by atoms with Crippen LogP contribution in [-0.2, 0) is 11.4 Å². The summed E-state index contributed by atoms with van der Waals surface area (Å²) in [6, 6.07) is 6.23. The predicted octanol–water partition coefficient (Wildman–Crippen LogP) is 4.44. The molecule has 4 rings (SSSR count). The van der Waals surface area contributed by atoms with Crippen LogP contribution in [0.4, 0.5) is 21.6 Å². The molecule has 0 radical (unpaired) electrons. The summed E-state index contributed by atoms with van der Waals surface area (Å²) in [4.78, 5) is 20.0. The standard InChI is InChI=1S/C19H17ClFN7OS/c1-2-8-30(29)28-13-6-5-12(21)16(14(13)20)27-18-11(4-3-7-22-18)15-17-19(25-9-23-15)26-10-24-17/h3-7,9-10,28H,2,8H2,1H3,(H,22,27)(H,23,24,25,26). The molecule has 0 fully saturated rings. The van der Waals surface area contributed by atoms with Crippen molar-refractivity contribution in [2.24, 2.45) is 0 Å². The number of hydrogen-bond acceptors (Lipinski definition) is 7. The van der Waals surface area contributed by atoms with Crippen molar-refractivity contribution < 1.29 is 8.94 Å². The van der Waals surface area contributed by atoms with Crippen molar-refractivity contribution in [2.75, 3.05) is 15.8 Å². The van der Waals surface area contributed by atoms with E-state index in [4.69, 9.17) is 11.6 Å². The molecule has 1 unspecified atom stereocenters. The topological polar surface area (TPSA) is 114 Å². The van der Waals surface area contributed by atoms with Gasteiger partial charge >= 0.3 is 0 Å². The van der Waals surface area contributed by atoms with Crippen molar-refractivity contribution in [1.82, 2.24) is 24.9 Å². The lowest BCUT2D eigenvalue weighted by Crippen LogP contribution is -2.16. The fourth-order valence-electron chi connectivity index (χ4n) is 2.88. The van der Waals surface area contributed by atoms with Gasteiger partial charge in [0.05, 0.1) is 28.4 Å². The van der Waals surface area contributed by atoms with Crippen LogP contribution in [0, 0.1) is 5.82 Å². The third-order valence-corrected chi connectivity index (χ3v) is 5.85. The van der Waals surface area contributed by atoms with Crippen LogP contribution in [0.15, 0.2) is 43.1 Å². The smallest absolute Gasteiger partial charge is 0.161 e. The molecular formula is C19H17ClFN7OS. The van der Waals surface area contributed by atoms with Gasteiger partial charge in [-0.3, -0.25) is 0 Å². The average molecular weight is 446 g/mol. The van der Waals surface area contributed by atoms with Crippen molar-refractivity contribution in [2.45, 2.75) is 13.3 Å². The van der Waals surface area contributed by atoms with E-state index in [2.05, 4.69) is 35.0 Å². The molecule has 3 aromatic heterocycles. The minimum Gasteiger partial charge on any atom is -0.593 e. The summed E-state index contributed by atoms with van der Waals surface area (Å²) in [5.74, 6) is 0.220. The lowest BCUT2D eigenvalue weighted by atomic mass is 10.1. The van der Waals surface area contributed by atoms with E-state index in [9.17, 15) is 8.94 Å². The second-order valence-corrected chi connectivity index (χ2v) is 7.96. The maximum Gasteiger partial charge on any atom is 0.161 e. The van der Waals surface area contributed by atoms with Gasteiger partial charge in [-0.15, -0.1) is 0 Å². The number of rotatable bonds is 7. The number of imidazole rings is 1. The first-order valence-electron chi connectivity index (χ1n) is 9.08. The molecule has 154 valence electrons. The highest BCUT2D eigenvalue weighted by Crippen LogP contribution is 2.37. The van der Waals surface area contributed by atoms with Gasteiger partial charge in [0.25, 0.3) is 0 Å². The number of halogens is 2. The summed E-state index contributed by atoms with van der Waals surface area (Å²) in [6.45, 7) is 1.92. The number of nitrogens with one attached hydrogen (secondary N) is 3. The number of aromatic amines is 1. The number of fused-ring (bicyclic) bond motifs is 1. The van der Waals surface area contributed by atoms with Gasteiger partial charge in [-0.2, -0.15) is 0 Å². The second-order valence-electron chi connectivity index (χ2n) is 6.28. The molecule has 4 aromatic rings. The summed E-state index contributed by atoms with van der Waals surface area (Å²) in [7, 11) is 0. The van der Waals surface area contributed by atoms with Gasteiger partial charge in [-0.1, -0.05) is 18.5 Å². The molecule has 0 bridgehead atoms. The second kappa shape index (κ2) is 8.82. The highest BCUT2D eigenvalue weighted by Gasteiger charge is 2.19. The quantitative estimate of drug-likeness (QED) is 0.360. The summed E-state index contributed by atoms with van der Waals surface area (Å²) in [5.41, 5.74) is 2.64. The number of H-pyrrole nitrogens is 1. The van der Waals surface area contributed by atoms with Gasteiger partial charge in [0, 0.05) is 11.8 Å². The monoisotopic (exact) mass is 445 g/mol. The number of nitrogens with zero attached hydrogens (tertiary/aromatic N) is 4. The predicted molar refractivity (Wildman–Crippen MR) is 117 cm³/mol. The van der Waals surface area contributed by atoms with Crippen molar-refractivity contribution >= 4 is 51.3 Å². The van der Waals surface area contributed by atoms with E-state index in [1.165, 1.54) is 24.8 Å². The van der Waals surface area contributed by atoms with Crippen LogP contribution >= 0.6 is 11.6 Å². The van der Waals surface area contributed by atoms with Crippen LogP contribution in [0.2, 0.25) is 5.02 Å². The van der Waals surface area contributed by atoms with Crippen molar-refractivity contribution in [1.29, 1.82) is 0 Å². The van der Waals surface area contributed by atoms with E-state index in [1.54, 1.807) is 18.3 Å². The molecule has 11 heteroatoms. The average Bonchev–Trinajstić information content (AvgIpc) is 3.23. The maximum atomic E-state index is 14.6. The first-order valence-corrected chi connectivity index (χ1v) is 10.8. The molecule has 1 aromatic carbocycles. The molecule has 1 atom stereocenters. The molecule has 3 heterocycles. The summed E-state index contributed by atoms with van der Waals surface area (Å²) >= 11 is 5.10. The third-order valence-electron chi connectivity index (χ3n) is 4.23. The molecule has 0 aliphatic heterocycles. The first-order chi connectivity index (χ1) is 14.6. The number of anilines is 3. The zero-order valence-electron chi connectivity index (χ0n) is 15.8. The molecule has 8 nitrogen and oxygen atoms in total. The SMILES string of the molecule is CCC[S+]([O-])Nc1ccc(F)c(Nc2ncccc2-c2ncnc3[nH]cnc23)c1Cl. The Morgan fingerprint density at radius 1 is 1.20 bits per heavy atom. The Hall–Kier alpha value is -2.95. The molecule has 0 saturated heterocycles. The maximum absolute atomic E-state index is 14.6. The Morgan fingerprint density at radius 2 is 2.07 bits per heavy atom. The third kappa shape index (κ3) is 4.02. The van der Waals surface area contributed by atoms with Crippen LogP contribution in [0.3, 0.4) is 0 Å². The molecule has 3 N–H and O–H groups in total. The van der Waals surface area contributed by atoms with Gasteiger partial charge in [-0.05, 0) is 30.7 Å². The molecule has 0 spiro atoms. The van der Waals surface area contributed by atoms with E-state index in [1.807, 2.05) is 6.92 Å². The highest BCUT2D eigenvalue weighted by molar-refractivity contribution is 7.92.